The molecule has 2 N–H and O–H groups in total. The Morgan fingerprint density at radius 2 is 2.00 bits per heavy atom. The highest BCUT2D eigenvalue weighted by Gasteiger charge is 1.97. The van der Waals surface area contributed by atoms with Crippen molar-refractivity contribution in [3.8, 4) is 11.3 Å². The third kappa shape index (κ3) is 1.80. The number of aromatic nitrogens is 1. The van der Waals surface area contributed by atoms with Crippen molar-refractivity contribution < 1.29 is 0 Å². The number of hydrogen-bond donors (Lipinski definition) is 1. The van der Waals surface area contributed by atoms with E-state index in [-0.39, 0.29) is 0 Å². The van der Waals surface area contributed by atoms with Crippen molar-refractivity contribution in [2.45, 2.75) is 6.54 Å². The molecular formula is C12H11N2. The van der Waals surface area contributed by atoms with Gasteiger partial charge in [0.25, 0.3) is 0 Å². The van der Waals surface area contributed by atoms with Gasteiger partial charge in [-0.05, 0) is 11.6 Å². The minimum Gasteiger partial charge on any atom is -0.326 e. The third-order valence-corrected chi connectivity index (χ3v) is 2.07. The highest BCUT2D eigenvalue weighted by Crippen LogP contribution is 2.15. The van der Waals surface area contributed by atoms with Crippen molar-refractivity contribution in [1.82, 2.24) is 4.98 Å². The van der Waals surface area contributed by atoms with Crippen molar-refractivity contribution in [2.24, 2.45) is 5.73 Å². The molecule has 0 fully saturated rings. The summed E-state index contributed by atoms with van der Waals surface area (Å²) in [6.45, 7) is 0.576. The lowest BCUT2D eigenvalue weighted by molar-refractivity contribution is 1.07. The molecule has 1 aromatic heterocycles. The van der Waals surface area contributed by atoms with Gasteiger partial charge in [0.2, 0.25) is 0 Å². The van der Waals surface area contributed by atoms with Gasteiger partial charge >= 0.3 is 0 Å². The maximum Gasteiger partial charge on any atom is 0.0781 e. The zero-order chi connectivity index (χ0) is 9.80. The molecule has 0 aliphatic carbocycles. The van der Waals surface area contributed by atoms with Crippen LogP contribution in [0.15, 0.2) is 42.6 Å². The number of nitrogens with two attached hydrogens (primary N) is 1. The van der Waals surface area contributed by atoms with Gasteiger partial charge in [-0.3, -0.25) is 4.98 Å². The van der Waals surface area contributed by atoms with Crippen LogP contribution in [0.1, 0.15) is 5.56 Å². The second-order valence-electron chi connectivity index (χ2n) is 3.03. The van der Waals surface area contributed by atoms with Crippen LogP contribution in [-0.2, 0) is 6.54 Å². The average Bonchev–Trinajstić information content (AvgIpc) is 2.30. The maximum absolute atomic E-state index is 5.52. The topological polar surface area (TPSA) is 38.9 Å². The molecule has 0 saturated heterocycles. The van der Waals surface area contributed by atoms with E-state index in [2.05, 4.69) is 11.1 Å². The summed E-state index contributed by atoms with van der Waals surface area (Å²) in [7, 11) is 0. The van der Waals surface area contributed by atoms with Gasteiger partial charge in [0.1, 0.15) is 0 Å². The van der Waals surface area contributed by atoms with Gasteiger partial charge in [-0.15, -0.1) is 0 Å². The van der Waals surface area contributed by atoms with Crippen molar-refractivity contribution in [3.05, 3.63) is 54.2 Å². The lowest BCUT2D eigenvalue weighted by Crippen LogP contribution is -1.95. The average molecular weight is 183 g/mol. The van der Waals surface area contributed by atoms with E-state index in [1.807, 2.05) is 36.4 Å². The van der Waals surface area contributed by atoms with E-state index in [0.29, 0.717) is 6.54 Å². The largest absolute Gasteiger partial charge is 0.326 e. The number of nitrogens with zero attached hydrogens (tertiary/aromatic N) is 1. The maximum atomic E-state index is 5.52. The van der Waals surface area contributed by atoms with Crippen molar-refractivity contribution in [1.29, 1.82) is 0 Å². The molecule has 0 spiro atoms. The molecule has 0 aliphatic heterocycles. The van der Waals surface area contributed by atoms with Crippen molar-refractivity contribution in [2.75, 3.05) is 0 Å². The first kappa shape index (κ1) is 8.91. The number of hydrogen-bond acceptors (Lipinski definition) is 2. The smallest absolute Gasteiger partial charge is 0.0781 e. The normalized spacial score (nSPS) is 10.1. The summed E-state index contributed by atoms with van der Waals surface area (Å²) in [5.41, 5.74) is 8.59. The van der Waals surface area contributed by atoms with Crippen LogP contribution in [0.3, 0.4) is 0 Å². The fourth-order valence-electron chi connectivity index (χ4n) is 1.28. The van der Waals surface area contributed by atoms with Crippen molar-refractivity contribution in [3.63, 3.8) is 0 Å². The zero-order valence-electron chi connectivity index (χ0n) is 7.77. The Hall–Kier alpha value is -1.67. The molecule has 0 bridgehead atoms. The van der Waals surface area contributed by atoms with Gasteiger partial charge in [0, 0.05) is 24.4 Å². The van der Waals surface area contributed by atoms with Crippen LogP contribution < -0.4 is 5.73 Å². The Balaban J connectivity index is 2.34. The Labute approximate surface area is 83.4 Å². The van der Waals surface area contributed by atoms with Gasteiger partial charge in [0.05, 0.1) is 5.69 Å². The fourth-order valence-corrected chi connectivity index (χ4v) is 1.28. The summed E-state index contributed by atoms with van der Waals surface area (Å²) in [5, 5.41) is 0. The Kier molecular flexibility index (Phi) is 2.56. The molecule has 14 heavy (non-hydrogen) atoms. The van der Waals surface area contributed by atoms with Gasteiger partial charge in [-0.25, -0.2) is 0 Å². The molecule has 2 rings (SSSR count). The molecule has 69 valence electrons. The second kappa shape index (κ2) is 4.03. The third-order valence-electron chi connectivity index (χ3n) is 2.07. The minimum absolute atomic E-state index is 0.576. The summed E-state index contributed by atoms with van der Waals surface area (Å²) >= 11 is 0. The second-order valence-corrected chi connectivity index (χ2v) is 3.03. The molecule has 0 amide bonds. The Morgan fingerprint density at radius 1 is 1.21 bits per heavy atom. The quantitative estimate of drug-likeness (QED) is 0.773. The summed E-state index contributed by atoms with van der Waals surface area (Å²) in [4.78, 5) is 4.22. The summed E-state index contributed by atoms with van der Waals surface area (Å²) < 4.78 is 0. The van der Waals surface area contributed by atoms with E-state index < -0.39 is 0 Å². The SMILES string of the molecule is NCc1ccc(-c2[c]cccn2)cc1. The number of pyridine rings is 1. The van der Waals surface area contributed by atoms with Gasteiger partial charge in [-0.1, -0.05) is 30.3 Å². The van der Waals surface area contributed by atoms with E-state index in [1.165, 1.54) is 0 Å². The molecule has 2 heteroatoms. The van der Waals surface area contributed by atoms with Gasteiger partial charge in [-0.2, -0.15) is 0 Å². The van der Waals surface area contributed by atoms with E-state index in [1.54, 1.807) is 6.20 Å². The van der Waals surface area contributed by atoms with Crippen LogP contribution in [0.2, 0.25) is 0 Å². The molecule has 2 aromatic rings. The van der Waals surface area contributed by atoms with E-state index in [4.69, 9.17) is 5.73 Å². The van der Waals surface area contributed by atoms with Crippen molar-refractivity contribution >= 4 is 0 Å². The molecular weight excluding hydrogens is 172 g/mol. The molecule has 2 nitrogen and oxygen atoms in total. The molecule has 0 aliphatic rings. The summed E-state index contributed by atoms with van der Waals surface area (Å²) in [5.74, 6) is 0. The predicted molar refractivity (Wildman–Crippen MR) is 56.4 cm³/mol. The Morgan fingerprint density at radius 3 is 2.57 bits per heavy atom. The molecule has 0 atom stereocenters. The van der Waals surface area contributed by atoms with Gasteiger partial charge < -0.3 is 5.73 Å². The predicted octanol–water partition coefficient (Wildman–Crippen LogP) is 2.01. The standard InChI is InChI=1S/C12H11N2/c13-9-10-4-6-11(7-5-10)12-3-1-2-8-14-12/h1-2,4-8H,9,13H2. The zero-order valence-corrected chi connectivity index (χ0v) is 7.77. The molecule has 0 saturated carbocycles. The first-order chi connectivity index (χ1) is 6.90. The summed E-state index contributed by atoms with van der Waals surface area (Å²) in [6, 6.07) is 14.9. The summed E-state index contributed by atoms with van der Waals surface area (Å²) in [6.07, 6.45) is 1.77. The molecule has 0 unspecified atom stereocenters. The van der Waals surface area contributed by atoms with Crippen LogP contribution >= 0.6 is 0 Å². The lowest BCUT2D eigenvalue weighted by Gasteiger charge is -2.00. The van der Waals surface area contributed by atoms with E-state index in [9.17, 15) is 0 Å². The first-order valence-electron chi connectivity index (χ1n) is 4.52. The molecule has 1 aromatic carbocycles. The number of rotatable bonds is 2. The van der Waals surface area contributed by atoms with E-state index >= 15 is 0 Å². The highest BCUT2D eigenvalue weighted by atomic mass is 14.7. The van der Waals surface area contributed by atoms with Crippen LogP contribution in [0.5, 0.6) is 0 Å². The highest BCUT2D eigenvalue weighted by molar-refractivity contribution is 5.58. The monoisotopic (exact) mass is 183 g/mol. The van der Waals surface area contributed by atoms with Crippen LogP contribution in [0.4, 0.5) is 0 Å². The first-order valence-corrected chi connectivity index (χ1v) is 4.52. The van der Waals surface area contributed by atoms with E-state index in [0.717, 1.165) is 16.8 Å². The fraction of sp³-hybridized carbons (Fsp3) is 0.0833. The lowest BCUT2D eigenvalue weighted by atomic mass is 10.1. The van der Waals surface area contributed by atoms with Crippen LogP contribution in [0, 0.1) is 6.07 Å². The van der Waals surface area contributed by atoms with Crippen LogP contribution in [-0.4, -0.2) is 4.98 Å². The number of benzene rings is 1. The van der Waals surface area contributed by atoms with Crippen LogP contribution in [0.25, 0.3) is 11.3 Å². The molecule has 1 heterocycles. The van der Waals surface area contributed by atoms with Gasteiger partial charge in [0.15, 0.2) is 0 Å². The Bertz CT molecular complexity index is 392. The molecule has 1 radical (unpaired) electrons. The minimum atomic E-state index is 0.576.